The molecule has 0 radical (unpaired) electrons. The molecule has 98 valence electrons. The molecule has 0 unspecified atom stereocenters. The zero-order valence-corrected chi connectivity index (χ0v) is 11.7. The lowest BCUT2D eigenvalue weighted by Gasteiger charge is -2.08. The van der Waals surface area contributed by atoms with Crippen LogP contribution in [0, 0.1) is 17.0 Å². The maximum atomic E-state index is 10.9. The zero-order chi connectivity index (χ0) is 13.8. The lowest BCUT2D eigenvalue weighted by Crippen LogP contribution is -2.05. The molecule has 2 heterocycles. The van der Waals surface area contributed by atoms with E-state index < -0.39 is 4.92 Å². The Bertz CT molecular complexity index is 618. The van der Waals surface area contributed by atoms with Crippen LogP contribution < -0.4 is 5.32 Å². The van der Waals surface area contributed by atoms with Crippen LogP contribution in [0.1, 0.15) is 11.4 Å². The average molecular weight is 323 g/mol. The largest absolute Gasteiger partial charge is 0.373 e. The van der Waals surface area contributed by atoms with E-state index in [1.807, 2.05) is 25.1 Å². The van der Waals surface area contributed by atoms with Crippen molar-refractivity contribution >= 4 is 27.3 Å². The Labute approximate surface area is 118 Å². The number of pyridine rings is 2. The molecule has 0 bridgehead atoms. The van der Waals surface area contributed by atoms with E-state index in [-0.39, 0.29) is 5.69 Å². The lowest BCUT2D eigenvalue weighted by atomic mass is 10.3. The Balaban J connectivity index is 2.22. The first-order valence-corrected chi connectivity index (χ1v) is 6.31. The number of rotatable bonds is 4. The van der Waals surface area contributed by atoms with Crippen LogP contribution in [-0.2, 0) is 6.54 Å². The van der Waals surface area contributed by atoms with Crippen LogP contribution in [0.15, 0.2) is 35.1 Å². The fourth-order valence-electron chi connectivity index (χ4n) is 1.62. The summed E-state index contributed by atoms with van der Waals surface area (Å²) in [6.07, 6.45) is 2.73. The molecule has 6 nitrogen and oxygen atoms in total. The molecule has 0 saturated heterocycles. The maximum absolute atomic E-state index is 10.9. The van der Waals surface area contributed by atoms with Gasteiger partial charge in [-0.05, 0) is 35.0 Å². The van der Waals surface area contributed by atoms with Crippen LogP contribution in [0.25, 0.3) is 0 Å². The Morgan fingerprint density at radius 1 is 1.42 bits per heavy atom. The number of halogens is 1. The molecular formula is C12H11BrN4O2. The van der Waals surface area contributed by atoms with Crippen LogP contribution >= 0.6 is 15.9 Å². The Morgan fingerprint density at radius 3 is 2.89 bits per heavy atom. The SMILES string of the molecule is Cc1cccc(CNc2c(Br)cncc2[N+](=O)[O-])n1. The molecule has 0 aromatic carbocycles. The topological polar surface area (TPSA) is 81.0 Å². The third-order valence-electron chi connectivity index (χ3n) is 2.47. The van der Waals surface area contributed by atoms with E-state index in [0.29, 0.717) is 16.7 Å². The predicted molar refractivity (Wildman–Crippen MR) is 74.9 cm³/mol. The van der Waals surface area contributed by atoms with Gasteiger partial charge in [0.1, 0.15) is 11.9 Å². The summed E-state index contributed by atoms with van der Waals surface area (Å²) in [7, 11) is 0. The van der Waals surface area contributed by atoms with E-state index in [1.54, 1.807) is 0 Å². The van der Waals surface area contributed by atoms with Gasteiger partial charge in [0.2, 0.25) is 0 Å². The number of anilines is 1. The first-order chi connectivity index (χ1) is 9.08. The molecule has 0 saturated carbocycles. The van der Waals surface area contributed by atoms with Gasteiger partial charge in [0.25, 0.3) is 0 Å². The molecule has 7 heteroatoms. The summed E-state index contributed by atoms with van der Waals surface area (Å²) in [6.45, 7) is 2.30. The molecular weight excluding hydrogens is 312 g/mol. The monoisotopic (exact) mass is 322 g/mol. The third kappa shape index (κ3) is 3.25. The van der Waals surface area contributed by atoms with Crippen molar-refractivity contribution in [3.8, 4) is 0 Å². The van der Waals surface area contributed by atoms with Gasteiger partial charge in [0, 0.05) is 11.9 Å². The highest BCUT2D eigenvalue weighted by Crippen LogP contribution is 2.31. The van der Waals surface area contributed by atoms with Crippen molar-refractivity contribution in [2.75, 3.05) is 5.32 Å². The summed E-state index contributed by atoms with van der Waals surface area (Å²) in [5.41, 5.74) is 2.06. The van der Waals surface area contributed by atoms with Crippen LogP contribution in [0.2, 0.25) is 0 Å². The lowest BCUT2D eigenvalue weighted by molar-refractivity contribution is -0.384. The fraction of sp³-hybridized carbons (Fsp3) is 0.167. The number of nitrogens with one attached hydrogen (secondary N) is 1. The van der Waals surface area contributed by atoms with Gasteiger partial charge in [-0.1, -0.05) is 6.07 Å². The van der Waals surface area contributed by atoms with E-state index in [2.05, 4.69) is 31.2 Å². The number of nitrogens with zero attached hydrogens (tertiary/aromatic N) is 3. The van der Waals surface area contributed by atoms with Crippen molar-refractivity contribution in [3.05, 3.63) is 56.6 Å². The molecule has 1 N–H and O–H groups in total. The van der Waals surface area contributed by atoms with E-state index >= 15 is 0 Å². The molecule has 0 aliphatic rings. The van der Waals surface area contributed by atoms with E-state index in [0.717, 1.165) is 11.4 Å². The van der Waals surface area contributed by atoms with Gasteiger partial charge >= 0.3 is 5.69 Å². The Kier molecular flexibility index (Phi) is 4.06. The highest BCUT2D eigenvalue weighted by Gasteiger charge is 2.16. The van der Waals surface area contributed by atoms with Gasteiger partial charge < -0.3 is 5.32 Å². The smallest absolute Gasteiger partial charge is 0.311 e. The number of hydrogen-bond donors (Lipinski definition) is 1. The first-order valence-electron chi connectivity index (χ1n) is 5.52. The first kappa shape index (κ1) is 13.4. The zero-order valence-electron chi connectivity index (χ0n) is 10.1. The highest BCUT2D eigenvalue weighted by molar-refractivity contribution is 9.10. The van der Waals surface area contributed by atoms with Crippen molar-refractivity contribution in [1.29, 1.82) is 0 Å². The summed E-state index contributed by atoms with van der Waals surface area (Å²) in [4.78, 5) is 18.6. The molecule has 2 aromatic heterocycles. The van der Waals surface area contributed by atoms with E-state index in [9.17, 15) is 10.1 Å². The van der Waals surface area contributed by atoms with Gasteiger partial charge in [0.15, 0.2) is 0 Å². The minimum absolute atomic E-state index is 0.0676. The van der Waals surface area contributed by atoms with Crippen molar-refractivity contribution in [2.45, 2.75) is 13.5 Å². The van der Waals surface area contributed by atoms with Crippen molar-refractivity contribution in [3.63, 3.8) is 0 Å². The highest BCUT2D eigenvalue weighted by atomic mass is 79.9. The normalized spacial score (nSPS) is 10.2. The summed E-state index contributed by atoms with van der Waals surface area (Å²) in [6, 6.07) is 5.66. The van der Waals surface area contributed by atoms with Gasteiger partial charge in [-0.15, -0.1) is 0 Å². The van der Waals surface area contributed by atoms with Crippen molar-refractivity contribution in [2.24, 2.45) is 0 Å². The average Bonchev–Trinajstić information content (AvgIpc) is 2.37. The summed E-state index contributed by atoms with van der Waals surface area (Å²) < 4.78 is 0.550. The van der Waals surface area contributed by atoms with Crippen LogP contribution in [0.4, 0.5) is 11.4 Å². The minimum Gasteiger partial charge on any atom is -0.373 e. The molecule has 0 fully saturated rings. The molecule has 0 atom stereocenters. The second kappa shape index (κ2) is 5.75. The number of aryl methyl sites for hydroxylation is 1. The van der Waals surface area contributed by atoms with Gasteiger partial charge in [-0.25, -0.2) is 0 Å². The molecule has 0 spiro atoms. The number of aromatic nitrogens is 2. The summed E-state index contributed by atoms with van der Waals surface area (Å²) >= 11 is 3.25. The molecule has 0 aliphatic heterocycles. The van der Waals surface area contributed by atoms with Crippen molar-refractivity contribution in [1.82, 2.24) is 9.97 Å². The van der Waals surface area contributed by atoms with Crippen LogP contribution in [0.3, 0.4) is 0 Å². The molecule has 19 heavy (non-hydrogen) atoms. The fourth-order valence-corrected chi connectivity index (χ4v) is 2.08. The third-order valence-corrected chi connectivity index (χ3v) is 3.07. The van der Waals surface area contributed by atoms with Crippen LogP contribution in [-0.4, -0.2) is 14.9 Å². The molecule has 0 amide bonds. The minimum atomic E-state index is -0.468. The standard InChI is InChI=1S/C12H11BrN4O2/c1-8-3-2-4-9(16-8)5-15-12-10(13)6-14-7-11(12)17(18)19/h2-4,6-7H,5H2,1H3,(H,14,15). The Morgan fingerprint density at radius 2 is 2.21 bits per heavy atom. The van der Waals surface area contributed by atoms with Crippen molar-refractivity contribution < 1.29 is 4.92 Å². The second-order valence-corrected chi connectivity index (χ2v) is 4.75. The van der Waals surface area contributed by atoms with Gasteiger partial charge in [-0.3, -0.25) is 20.1 Å². The number of hydrogen-bond acceptors (Lipinski definition) is 5. The van der Waals surface area contributed by atoms with E-state index in [1.165, 1.54) is 12.4 Å². The molecule has 2 aromatic rings. The van der Waals surface area contributed by atoms with Gasteiger partial charge in [0.05, 0.1) is 21.6 Å². The maximum Gasteiger partial charge on any atom is 0.311 e. The predicted octanol–water partition coefficient (Wildman–Crippen LogP) is 3.07. The van der Waals surface area contributed by atoms with Crippen LogP contribution in [0.5, 0.6) is 0 Å². The summed E-state index contributed by atoms with van der Waals surface area (Å²) in [5.74, 6) is 0. The second-order valence-electron chi connectivity index (χ2n) is 3.90. The Hall–Kier alpha value is -2.02. The molecule has 0 aliphatic carbocycles. The summed E-state index contributed by atoms with van der Waals surface area (Å²) in [5, 5.41) is 13.9. The molecule has 2 rings (SSSR count). The number of nitro groups is 1. The van der Waals surface area contributed by atoms with Gasteiger partial charge in [-0.2, -0.15) is 0 Å². The van der Waals surface area contributed by atoms with E-state index in [4.69, 9.17) is 0 Å². The quantitative estimate of drug-likeness (QED) is 0.691.